The van der Waals surface area contributed by atoms with Crippen molar-refractivity contribution in [3.05, 3.63) is 23.8 Å². The predicted molar refractivity (Wildman–Crippen MR) is 108 cm³/mol. The highest BCUT2D eigenvalue weighted by Gasteiger charge is 2.21. The first kappa shape index (κ1) is 22.7. The topological polar surface area (TPSA) is 113 Å². The van der Waals surface area contributed by atoms with Crippen LogP contribution in [0.25, 0.3) is 11.0 Å². The Balaban J connectivity index is 1.95. The van der Waals surface area contributed by atoms with Gasteiger partial charge in [0.2, 0.25) is 10.0 Å². The maximum Gasteiger partial charge on any atom is 0.216 e. The fourth-order valence-electron chi connectivity index (χ4n) is 2.80. The molecule has 9 nitrogen and oxygen atoms in total. The maximum absolute atomic E-state index is 12.0. The van der Waals surface area contributed by atoms with Crippen molar-refractivity contribution in [2.75, 3.05) is 33.9 Å². The number of ether oxygens (including phenoxy) is 2. The molecule has 10 heteroatoms. The van der Waals surface area contributed by atoms with Gasteiger partial charge in [-0.25, -0.2) is 17.7 Å². The van der Waals surface area contributed by atoms with Crippen LogP contribution in [-0.2, 0) is 32.5 Å². The standard InChI is InChI=1S/C18H31N5O4S/c1-13(2)28(24,25)22(4)6-8-27-9-7-23-12-20-18-15(11-17(19)26-5)21-14(3)10-16(18)23/h10,12-13,17H,6-9,11,19H2,1-5H3. The Morgan fingerprint density at radius 2 is 2.04 bits per heavy atom. The smallest absolute Gasteiger partial charge is 0.216 e. The number of aromatic nitrogens is 3. The fourth-order valence-corrected chi connectivity index (χ4v) is 3.85. The third-order valence-corrected chi connectivity index (χ3v) is 6.81. The van der Waals surface area contributed by atoms with Crippen molar-refractivity contribution in [3.63, 3.8) is 0 Å². The minimum atomic E-state index is -3.25. The summed E-state index contributed by atoms with van der Waals surface area (Å²) in [6, 6.07) is 1.98. The van der Waals surface area contributed by atoms with E-state index in [-0.39, 0.29) is 0 Å². The van der Waals surface area contributed by atoms with E-state index < -0.39 is 21.5 Å². The molecule has 158 valence electrons. The SMILES string of the molecule is COC(N)Cc1nc(C)cc2c1ncn2CCOCCN(C)S(=O)(=O)C(C)C. The number of methoxy groups -OCH3 is 1. The number of nitrogens with two attached hydrogens (primary N) is 1. The minimum Gasteiger partial charge on any atom is -0.378 e. The van der Waals surface area contributed by atoms with Gasteiger partial charge in [-0.3, -0.25) is 4.98 Å². The van der Waals surface area contributed by atoms with Crippen LogP contribution in [0.5, 0.6) is 0 Å². The van der Waals surface area contributed by atoms with Crippen LogP contribution < -0.4 is 5.73 Å². The van der Waals surface area contributed by atoms with Crippen LogP contribution in [-0.4, -0.2) is 72.7 Å². The molecule has 1 atom stereocenters. The molecule has 0 spiro atoms. The van der Waals surface area contributed by atoms with E-state index in [1.165, 1.54) is 4.31 Å². The summed E-state index contributed by atoms with van der Waals surface area (Å²) in [5, 5.41) is -0.438. The van der Waals surface area contributed by atoms with Crippen LogP contribution in [0.15, 0.2) is 12.4 Å². The van der Waals surface area contributed by atoms with Gasteiger partial charge in [0.15, 0.2) is 0 Å². The summed E-state index contributed by atoms with van der Waals surface area (Å²) >= 11 is 0. The van der Waals surface area contributed by atoms with E-state index >= 15 is 0 Å². The second-order valence-electron chi connectivity index (χ2n) is 7.02. The summed E-state index contributed by atoms with van der Waals surface area (Å²) in [7, 11) is -0.107. The van der Waals surface area contributed by atoms with Gasteiger partial charge in [0.1, 0.15) is 11.7 Å². The molecule has 2 aromatic heterocycles. The Morgan fingerprint density at radius 3 is 2.68 bits per heavy atom. The number of hydrogen-bond acceptors (Lipinski definition) is 7. The molecular weight excluding hydrogens is 382 g/mol. The molecule has 0 aliphatic heterocycles. The first-order chi connectivity index (χ1) is 13.2. The summed E-state index contributed by atoms with van der Waals surface area (Å²) in [4.78, 5) is 9.01. The zero-order valence-corrected chi connectivity index (χ0v) is 18.1. The van der Waals surface area contributed by atoms with Crippen molar-refractivity contribution in [1.82, 2.24) is 18.8 Å². The summed E-state index contributed by atoms with van der Waals surface area (Å²) in [6.45, 7) is 6.99. The van der Waals surface area contributed by atoms with Crippen LogP contribution in [0.4, 0.5) is 0 Å². The van der Waals surface area contributed by atoms with Gasteiger partial charge in [-0.05, 0) is 26.8 Å². The molecule has 0 bridgehead atoms. The first-order valence-corrected chi connectivity index (χ1v) is 10.8. The van der Waals surface area contributed by atoms with E-state index in [1.807, 2.05) is 17.6 Å². The molecule has 2 N–H and O–H groups in total. The van der Waals surface area contributed by atoms with Crippen molar-refractivity contribution in [1.29, 1.82) is 0 Å². The molecule has 2 rings (SSSR count). The van der Waals surface area contributed by atoms with Crippen molar-refractivity contribution < 1.29 is 17.9 Å². The number of aryl methyl sites for hydroxylation is 1. The average molecular weight is 414 g/mol. The molecular formula is C18H31N5O4S. The number of pyridine rings is 1. The zero-order chi connectivity index (χ0) is 20.9. The Bertz CT molecular complexity index is 881. The number of sulfonamides is 1. The van der Waals surface area contributed by atoms with Gasteiger partial charge in [-0.15, -0.1) is 0 Å². The van der Waals surface area contributed by atoms with E-state index in [4.69, 9.17) is 15.2 Å². The number of likely N-dealkylation sites (N-methyl/N-ethyl adjacent to an activating group) is 1. The highest BCUT2D eigenvalue weighted by Crippen LogP contribution is 2.18. The zero-order valence-electron chi connectivity index (χ0n) is 17.3. The monoisotopic (exact) mass is 413 g/mol. The van der Waals surface area contributed by atoms with E-state index in [0.717, 1.165) is 22.4 Å². The summed E-state index contributed by atoms with van der Waals surface area (Å²) in [5.41, 5.74) is 9.34. The summed E-state index contributed by atoms with van der Waals surface area (Å²) in [5.74, 6) is 0. The summed E-state index contributed by atoms with van der Waals surface area (Å²) < 4.78 is 38.2. The second kappa shape index (κ2) is 9.75. The molecule has 0 saturated heterocycles. The number of imidazole rings is 1. The van der Waals surface area contributed by atoms with Gasteiger partial charge in [0, 0.05) is 39.4 Å². The van der Waals surface area contributed by atoms with E-state index in [9.17, 15) is 8.42 Å². The minimum absolute atomic E-state index is 0.327. The highest BCUT2D eigenvalue weighted by atomic mass is 32.2. The number of fused-ring (bicyclic) bond motifs is 1. The molecule has 0 fully saturated rings. The Morgan fingerprint density at radius 1 is 1.32 bits per heavy atom. The Hall–Kier alpha value is -1.59. The van der Waals surface area contributed by atoms with Crippen molar-refractivity contribution in [3.8, 4) is 0 Å². The van der Waals surface area contributed by atoms with Crippen LogP contribution >= 0.6 is 0 Å². The van der Waals surface area contributed by atoms with Gasteiger partial charge >= 0.3 is 0 Å². The molecule has 0 aliphatic carbocycles. The lowest BCUT2D eigenvalue weighted by Crippen LogP contribution is -2.35. The van der Waals surface area contributed by atoms with E-state index in [2.05, 4.69) is 9.97 Å². The highest BCUT2D eigenvalue weighted by molar-refractivity contribution is 7.89. The lowest BCUT2D eigenvalue weighted by molar-refractivity contribution is 0.108. The molecule has 0 amide bonds. The molecule has 0 aliphatic rings. The number of nitrogens with zero attached hydrogens (tertiary/aromatic N) is 4. The van der Waals surface area contributed by atoms with Gasteiger partial charge < -0.3 is 19.8 Å². The van der Waals surface area contributed by atoms with Crippen LogP contribution in [0, 0.1) is 6.92 Å². The van der Waals surface area contributed by atoms with Crippen molar-refractivity contribution in [2.45, 2.75) is 45.2 Å². The van der Waals surface area contributed by atoms with Gasteiger partial charge in [0.05, 0.1) is 36.0 Å². The normalized spacial score (nSPS) is 13.7. The lowest BCUT2D eigenvalue weighted by atomic mass is 10.2. The summed E-state index contributed by atoms with van der Waals surface area (Å²) in [6.07, 6.45) is 1.82. The third-order valence-electron chi connectivity index (χ3n) is 4.56. The van der Waals surface area contributed by atoms with Gasteiger partial charge in [-0.1, -0.05) is 0 Å². The van der Waals surface area contributed by atoms with E-state index in [0.29, 0.717) is 32.7 Å². The Kier molecular flexibility index (Phi) is 7.90. The van der Waals surface area contributed by atoms with Crippen molar-refractivity contribution in [2.24, 2.45) is 5.73 Å². The molecule has 0 radical (unpaired) electrons. The maximum atomic E-state index is 12.0. The number of hydrogen-bond donors (Lipinski definition) is 1. The second-order valence-corrected chi connectivity index (χ2v) is 9.62. The van der Waals surface area contributed by atoms with Gasteiger partial charge in [0.25, 0.3) is 0 Å². The fraction of sp³-hybridized carbons (Fsp3) is 0.667. The number of rotatable bonds is 11. The van der Waals surface area contributed by atoms with Crippen molar-refractivity contribution >= 4 is 21.1 Å². The quantitative estimate of drug-likeness (QED) is 0.430. The average Bonchev–Trinajstić information content (AvgIpc) is 3.03. The molecule has 0 aromatic carbocycles. The molecule has 28 heavy (non-hydrogen) atoms. The van der Waals surface area contributed by atoms with Crippen LogP contribution in [0.3, 0.4) is 0 Å². The lowest BCUT2D eigenvalue weighted by Gasteiger charge is -2.19. The first-order valence-electron chi connectivity index (χ1n) is 9.29. The van der Waals surface area contributed by atoms with Crippen LogP contribution in [0.2, 0.25) is 0 Å². The third kappa shape index (κ3) is 5.48. The molecule has 0 saturated carbocycles. The molecule has 1 unspecified atom stereocenters. The predicted octanol–water partition coefficient (Wildman–Crippen LogP) is 0.900. The van der Waals surface area contributed by atoms with Crippen LogP contribution in [0.1, 0.15) is 25.2 Å². The Labute approximate surface area is 166 Å². The molecule has 2 aromatic rings. The van der Waals surface area contributed by atoms with E-state index in [1.54, 1.807) is 34.3 Å². The largest absolute Gasteiger partial charge is 0.378 e. The molecule has 2 heterocycles. The van der Waals surface area contributed by atoms with Gasteiger partial charge in [-0.2, -0.15) is 0 Å².